The molecule has 35 heavy (non-hydrogen) atoms. The first-order valence-corrected chi connectivity index (χ1v) is 11.0. The molecule has 16 heteroatoms. The first-order valence-electron chi connectivity index (χ1n) is 9.36. The summed E-state index contributed by atoms with van der Waals surface area (Å²) >= 11 is 0. The Bertz CT molecular complexity index is 1340. The molecule has 2 aromatic heterocycles. The van der Waals surface area contributed by atoms with Gasteiger partial charge in [-0.15, -0.1) is 10.2 Å². The summed E-state index contributed by atoms with van der Waals surface area (Å²) in [6.07, 6.45) is -14.9. The molecule has 0 saturated carbocycles. The minimum absolute atomic E-state index is 0.0931. The van der Waals surface area contributed by atoms with Crippen molar-refractivity contribution in [2.75, 3.05) is 5.75 Å². The van der Waals surface area contributed by atoms with Crippen LogP contribution in [-0.4, -0.2) is 33.9 Å². The topological polar surface area (TPSA) is 77.7 Å². The molecule has 0 radical (unpaired) electrons. The number of hydrogen-bond donors (Lipinski definition) is 0. The number of alkyl halides is 9. The predicted octanol–water partition coefficient (Wildman–Crippen LogP) is 5.39. The second-order valence-corrected chi connectivity index (χ2v) is 9.42. The zero-order valence-corrected chi connectivity index (χ0v) is 18.3. The number of hydrogen-bond acceptors (Lipinski definition) is 5. The van der Waals surface area contributed by atoms with Crippen LogP contribution in [0.15, 0.2) is 35.4 Å². The van der Waals surface area contributed by atoms with Gasteiger partial charge in [0.2, 0.25) is 0 Å². The van der Waals surface area contributed by atoms with Crippen molar-refractivity contribution >= 4 is 9.84 Å². The van der Waals surface area contributed by atoms with Crippen molar-refractivity contribution in [3.63, 3.8) is 0 Å². The van der Waals surface area contributed by atoms with Gasteiger partial charge >= 0.3 is 18.5 Å². The highest BCUT2D eigenvalue weighted by Crippen LogP contribution is 2.39. The van der Waals surface area contributed by atoms with E-state index < -0.39 is 78.6 Å². The van der Waals surface area contributed by atoms with Gasteiger partial charge in [-0.05, 0) is 24.3 Å². The Morgan fingerprint density at radius 1 is 0.771 bits per heavy atom. The Hall–Kier alpha value is -3.17. The molecule has 1 aromatic carbocycles. The van der Waals surface area contributed by atoms with E-state index in [9.17, 15) is 47.9 Å². The average Bonchev–Trinajstić information content (AvgIpc) is 3.12. The molecule has 6 nitrogen and oxygen atoms in total. The highest BCUT2D eigenvalue weighted by Gasteiger charge is 2.38. The summed E-state index contributed by atoms with van der Waals surface area (Å²) in [6.45, 7) is 1.16. The number of sulfone groups is 1. The molecule has 3 aromatic rings. The Morgan fingerprint density at radius 2 is 1.26 bits per heavy atom. The summed E-state index contributed by atoms with van der Waals surface area (Å²) in [5.74, 6) is -1.67. The Labute approximate surface area is 191 Å². The minimum Gasteiger partial charge on any atom is -0.309 e. The Kier molecular flexibility index (Phi) is 6.42. The minimum atomic E-state index is -5.14. The third-order valence-corrected chi connectivity index (χ3v) is 6.57. The molecule has 0 spiro atoms. The summed E-state index contributed by atoms with van der Waals surface area (Å²) in [7, 11) is -3.24. The van der Waals surface area contributed by atoms with E-state index in [1.54, 1.807) is 0 Å². The quantitative estimate of drug-likeness (QED) is 0.421. The fraction of sp³-hybridized carbons (Fsp3) is 0.316. The lowest BCUT2D eigenvalue weighted by Crippen LogP contribution is -2.13. The van der Waals surface area contributed by atoms with Crippen molar-refractivity contribution < 1.29 is 47.9 Å². The van der Waals surface area contributed by atoms with Gasteiger partial charge in [0.15, 0.2) is 21.5 Å². The fourth-order valence-electron chi connectivity index (χ4n) is 3.03. The maximum atomic E-state index is 13.2. The molecule has 0 aliphatic heterocycles. The van der Waals surface area contributed by atoms with E-state index in [-0.39, 0.29) is 6.07 Å². The Balaban J connectivity index is 2.27. The monoisotopic (exact) mass is 532 g/mol. The van der Waals surface area contributed by atoms with Crippen molar-refractivity contribution in [2.45, 2.75) is 30.3 Å². The zero-order valence-electron chi connectivity index (χ0n) is 17.5. The molecule has 0 atom stereocenters. The number of aromatic nitrogens is 4. The molecule has 0 bridgehead atoms. The van der Waals surface area contributed by atoms with Crippen LogP contribution < -0.4 is 0 Å². The molecule has 2 heterocycles. The van der Waals surface area contributed by atoms with Gasteiger partial charge in [0.25, 0.3) is 0 Å². The molecule has 0 aliphatic carbocycles. The third kappa shape index (κ3) is 5.26. The van der Waals surface area contributed by atoms with Gasteiger partial charge in [-0.25, -0.2) is 8.42 Å². The standard InChI is InChI=1S/C19H13F9N4O2S/c1-3-35(33,34)13-7-12(19(26,27)28)8-29-14(13)16-31-30-15(32(16)2)9-4-10(17(20,21)22)6-11(5-9)18(23,24)25/h4-8H,3H2,1-2H3. The summed E-state index contributed by atoms with van der Waals surface area (Å²) < 4.78 is 144. The van der Waals surface area contributed by atoms with E-state index in [0.29, 0.717) is 24.4 Å². The molecule has 0 unspecified atom stereocenters. The van der Waals surface area contributed by atoms with Crippen LogP contribution in [0.3, 0.4) is 0 Å². The van der Waals surface area contributed by atoms with Gasteiger partial charge in [0, 0.05) is 18.8 Å². The van der Waals surface area contributed by atoms with Gasteiger partial charge in [0.1, 0.15) is 5.69 Å². The molecule has 3 rings (SSSR count). The van der Waals surface area contributed by atoms with Crippen LogP contribution in [0.25, 0.3) is 22.9 Å². The number of pyridine rings is 1. The summed E-state index contributed by atoms with van der Waals surface area (Å²) in [6, 6.07) is 0.992. The maximum Gasteiger partial charge on any atom is 0.417 e. The second kappa shape index (κ2) is 8.49. The molecule has 0 amide bonds. The molecule has 190 valence electrons. The van der Waals surface area contributed by atoms with Crippen molar-refractivity contribution in [1.29, 1.82) is 0 Å². The van der Waals surface area contributed by atoms with Crippen LogP contribution in [-0.2, 0) is 35.4 Å². The van der Waals surface area contributed by atoms with Crippen LogP contribution in [0.5, 0.6) is 0 Å². The largest absolute Gasteiger partial charge is 0.417 e. The lowest BCUT2D eigenvalue weighted by molar-refractivity contribution is -0.143. The van der Waals surface area contributed by atoms with Crippen LogP contribution in [0.1, 0.15) is 23.6 Å². The van der Waals surface area contributed by atoms with Crippen LogP contribution >= 0.6 is 0 Å². The van der Waals surface area contributed by atoms with Crippen LogP contribution in [0.4, 0.5) is 39.5 Å². The first kappa shape index (κ1) is 26.4. The number of nitrogens with zero attached hydrogens (tertiary/aromatic N) is 4. The summed E-state index contributed by atoms with van der Waals surface area (Å²) in [4.78, 5) is 2.65. The maximum absolute atomic E-state index is 13.2. The molecular weight excluding hydrogens is 519 g/mol. The molecule has 0 fully saturated rings. The summed E-state index contributed by atoms with van der Waals surface area (Å²) in [5, 5.41) is 7.14. The first-order chi connectivity index (χ1) is 15.9. The van der Waals surface area contributed by atoms with E-state index in [0.717, 1.165) is 18.5 Å². The van der Waals surface area contributed by atoms with Gasteiger partial charge < -0.3 is 4.57 Å². The van der Waals surface area contributed by atoms with E-state index in [1.807, 2.05) is 0 Å². The molecule has 0 aliphatic rings. The van der Waals surface area contributed by atoms with Crippen molar-refractivity contribution in [3.8, 4) is 22.9 Å². The van der Waals surface area contributed by atoms with Gasteiger partial charge in [0.05, 0.1) is 27.3 Å². The average molecular weight is 532 g/mol. The second-order valence-electron chi connectivity index (χ2n) is 7.17. The van der Waals surface area contributed by atoms with E-state index >= 15 is 0 Å². The van der Waals surface area contributed by atoms with E-state index in [2.05, 4.69) is 15.2 Å². The van der Waals surface area contributed by atoms with Crippen LogP contribution in [0.2, 0.25) is 0 Å². The zero-order chi connectivity index (χ0) is 26.6. The molecular formula is C19H13F9N4O2S. The van der Waals surface area contributed by atoms with E-state index in [4.69, 9.17) is 0 Å². The normalized spacial score (nSPS) is 13.3. The van der Waals surface area contributed by atoms with Gasteiger partial charge in [-0.3, -0.25) is 4.98 Å². The lowest BCUT2D eigenvalue weighted by Gasteiger charge is -2.14. The van der Waals surface area contributed by atoms with E-state index in [1.165, 1.54) is 0 Å². The highest BCUT2D eigenvalue weighted by molar-refractivity contribution is 7.91. The fourth-order valence-corrected chi connectivity index (χ4v) is 4.09. The van der Waals surface area contributed by atoms with Crippen molar-refractivity contribution in [2.24, 2.45) is 7.05 Å². The molecule has 0 N–H and O–H groups in total. The third-order valence-electron chi connectivity index (χ3n) is 4.83. The van der Waals surface area contributed by atoms with Gasteiger partial charge in [-0.1, -0.05) is 6.92 Å². The number of halogens is 9. The van der Waals surface area contributed by atoms with Crippen molar-refractivity contribution in [3.05, 3.63) is 47.2 Å². The Morgan fingerprint density at radius 3 is 1.71 bits per heavy atom. The van der Waals surface area contributed by atoms with Crippen molar-refractivity contribution in [1.82, 2.24) is 19.7 Å². The van der Waals surface area contributed by atoms with Gasteiger partial charge in [-0.2, -0.15) is 39.5 Å². The van der Waals surface area contributed by atoms with Crippen LogP contribution in [0, 0.1) is 0 Å². The number of rotatable bonds is 4. The smallest absolute Gasteiger partial charge is 0.309 e. The number of benzene rings is 1. The predicted molar refractivity (Wildman–Crippen MR) is 102 cm³/mol. The lowest BCUT2D eigenvalue weighted by atomic mass is 10.0. The molecule has 0 saturated heterocycles. The highest BCUT2D eigenvalue weighted by atomic mass is 32.2. The SMILES string of the molecule is CCS(=O)(=O)c1cc(C(F)(F)F)cnc1-c1nnc(-c2cc(C(F)(F)F)cc(C(F)(F)F)c2)n1C. The summed E-state index contributed by atoms with van der Waals surface area (Å²) in [5.41, 5.74) is -5.92.